The lowest BCUT2D eigenvalue weighted by molar-refractivity contribution is 0.0207. The van der Waals surface area contributed by atoms with E-state index in [0.29, 0.717) is 13.2 Å². The summed E-state index contributed by atoms with van der Waals surface area (Å²) in [6.45, 7) is 7.41. The van der Waals surface area contributed by atoms with Crippen molar-refractivity contribution in [1.29, 1.82) is 0 Å². The maximum Gasteiger partial charge on any atom is 0.122 e. The van der Waals surface area contributed by atoms with Gasteiger partial charge in [0, 0.05) is 6.42 Å². The number of ether oxygens (including phenoxy) is 1. The summed E-state index contributed by atoms with van der Waals surface area (Å²) in [6.07, 6.45) is 0.913. The SMILES string of the molecule is CC(C)(C)OCC1=NOCC1. The second-order valence-electron chi connectivity index (χ2n) is 3.64. The van der Waals surface area contributed by atoms with Gasteiger partial charge in [0.05, 0.1) is 17.9 Å². The van der Waals surface area contributed by atoms with Crippen molar-refractivity contribution in [3.63, 3.8) is 0 Å². The van der Waals surface area contributed by atoms with Gasteiger partial charge < -0.3 is 9.57 Å². The molecule has 1 aliphatic heterocycles. The molecular formula is C8H15NO2. The van der Waals surface area contributed by atoms with Gasteiger partial charge in [-0.2, -0.15) is 0 Å². The van der Waals surface area contributed by atoms with Crippen LogP contribution in [0.2, 0.25) is 0 Å². The van der Waals surface area contributed by atoms with Crippen LogP contribution in [0, 0.1) is 0 Å². The molecule has 1 heterocycles. The number of oxime groups is 1. The topological polar surface area (TPSA) is 30.8 Å². The predicted octanol–water partition coefficient (Wildman–Crippen LogP) is 1.58. The molecule has 0 atom stereocenters. The number of nitrogens with zero attached hydrogens (tertiary/aromatic N) is 1. The fourth-order valence-corrected chi connectivity index (χ4v) is 0.744. The van der Waals surface area contributed by atoms with E-state index in [-0.39, 0.29) is 5.60 Å². The number of rotatable bonds is 2. The minimum atomic E-state index is -0.0783. The largest absolute Gasteiger partial charge is 0.395 e. The normalized spacial score (nSPS) is 17.9. The fraction of sp³-hybridized carbons (Fsp3) is 0.875. The molecule has 0 amide bonds. The van der Waals surface area contributed by atoms with Crippen LogP contribution in [0.5, 0.6) is 0 Å². The second-order valence-corrected chi connectivity index (χ2v) is 3.64. The van der Waals surface area contributed by atoms with Gasteiger partial charge in [-0.1, -0.05) is 5.16 Å². The van der Waals surface area contributed by atoms with Gasteiger partial charge in [0.15, 0.2) is 0 Å². The molecule has 0 bridgehead atoms. The summed E-state index contributed by atoms with van der Waals surface area (Å²) in [4.78, 5) is 4.83. The molecule has 1 aliphatic rings. The van der Waals surface area contributed by atoms with Crippen LogP contribution < -0.4 is 0 Å². The molecule has 1 rings (SSSR count). The molecule has 0 saturated carbocycles. The standard InChI is InChI=1S/C8H15NO2/c1-8(2,3)10-6-7-4-5-11-9-7/h4-6H2,1-3H3. The van der Waals surface area contributed by atoms with E-state index in [1.165, 1.54) is 0 Å². The van der Waals surface area contributed by atoms with E-state index in [4.69, 9.17) is 9.57 Å². The molecule has 0 aromatic heterocycles. The third-order valence-corrected chi connectivity index (χ3v) is 1.35. The van der Waals surface area contributed by atoms with Gasteiger partial charge in [-0.15, -0.1) is 0 Å². The Morgan fingerprint density at radius 1 is 1.55 bits per heavy atom. The van der Waals surface area contributed by atoms with Crippen molar-refractivity contribution in [2.45, 2.75) is 32.8 Å². The van der Waals surface area contributed by atoms with Crippen LogP contribution in [-0.2, 0) is 9.57 Å². The molecule has 0 spiro atoms. The molecular weight excluding hydrogens is 142 g/mol. The first-order valence-electron chi connectivity index (χ1n) is 3.89. The van der Waals surface area contributed by atoms with Crippen LogP contribution in [0.3, 0.4) is 0 Å². The summed E-state index contributed by atoms with van der Waals surface area (Å²) in [5, 5.41) is 3.83. The zero-order valence-electron chi connectivity index (χ0n) is 7.39. The van der Waals surface area contributed by atoms with E-state index < -0.39 is 0 Å². The highest BCUT2D eigenvalue weighted by atomic mass is 16.6. The van der Waals surface area contributed by atoms with Crippen molar-refractivity contribution in [1.82, 2.24) is 0 Å². The Morgan fingerprint density at radius 3 is 2.73 bits per heavy atom. The highest BCUT2D eigenvalue weighted by Gasteiger charge is 2.14. The molecule has 11 heavy (non-hydrogen) atoms. The third-order valence-electron chi connectivity index (χ3n) is 1.35. The zero-order chi connectivity index (χ0) is 8.32. The Kier molecular flexibility index (Phi) is 2.49. The highest BCUT2D eigenvalue weighted by molar-refractivity contribution is 5.86. The molecule has 0 unspecified atom stereocenters. The molecule has 0 N–H and O–H groups in total. The first kappa shape index (κ1) is 8.53. The zero-order valence-corrected chi connectivity index (χ0v) is 7.39. The Balaban J connectivity index is 2.22. The van der Waals surface area contributed by atoms with Crippen molar-refractivity contribution in [2.75, 3.05) is 13.2 Å². The summed E-state index contributed by atoms with van der Waals surface area (Å²) < 4.78 is 5.50. The smallest absolute Gasteiger partial charge is 0.122 e. The summed E-state index contributed by atoms with van der Waals surface area (Å²) in [7, 11) is 0. The fourth-order valence-electron chi connectivity index (χ4n) is 0.744. The number of hydrogen-bond acceptors (Lipinski definition) is 3. The van der Waals surface area contributed by atoms with Crippen molar-refractivity contribution in [3.05, 3.63) is 0 Å². The molecule has 0 radical (unpaired) electrons. The lowest BCUT2D eigenvalue weighted by atomic mass is 10.2. The van der Waals surface area contributed by atoms with Crippen LogP contribution in [0.1, 0.15) is 27.2 Å². The van der Waals surface area contributed by atoms with E-state index in [1.54, 1.807) is 0 Å². The quantitative estimate of drug-likeness (QED) is 0.609. The molecule has 0 aliphatic carbocycles. The Hall–Kier alpha value is -0.570. The Bertz CT molecular complexity index is 158. The lowest BCUT2D eigenvalue weighted by Crippen LogP contribution is -2.23. The van der Waals surface area contributed by atoms with E-state index in [2.05, 4.69) is 5.16 Å². The minimum Gasteiger partial charge on any atom is -0.395 e. The number of hydrogen-bond donors (Lipinski definition) is 0. The van der Waals surface area contributed by atoms with Crippen molar-refractivity contribution in [2.24, 2.45) is 5.16 Å². The van der Waals surface area contributed by atoms with E-state index in [1.807, 2.05) is 20.8 Å². The first-order chi connectivity index (χ1) is 5.08. The van der Waals surface area contributed by atoms with E-state index in [0.717, 1.165) is 12.1 Å². The molecule has 0 fully saturated rings. The second kappa shape index (κ2) is 3.22. The monoisotopic (exact) mass is 157 g/mol. The van der Waals surface area contributed by atoms with Gasteiger partial charge in [0.2, 0.25) is 0 Å². The Labute approximate surface area is 67.4 Å². The molecule has 0 aromatic rings. The van der Waals surface area contributed by atoms with Crippen molar-refractivity contribution in [3.8, 4) is 0 Å². The average Bonchev–Trinajstić information content (AvgIpc) is 2.32. The summed E-state index contributed by atoms with van der Waals surface area (Å²) >= 11 is 0. The van der Waals surface area contributed by atoms with Gasteiger partial charge in [0.1, 0.15) is 6.61 Å². The van der Waals surface area contributed by atoms with Crippen LogP contribution >= 0.6 is 0 Å². The van der Waals surface area contributed by atoms with Crippen LogP contribution in [-0.4, -0.2) is 24.5 Å². The Morgan fingerprint density at radius 2 is 2.27 bits per heavy atom. The van der Waals surface area contributed by atoms with Gasteiger partial charge in [-0.3, -0.25) is 0 Å². The van der Waals surface area contributed by atoms with Crippen LogP contribution in [0.25, 0.3) is 0 Å². The summed E-state index contributed by atoms with van der Waals surface area (Å²) in [6, 6.07) is 0. The summed E-state index contributed by atoms with van der Waals surface area (Å²) in [5.74, 6) is 0. The van der Waals surface area contributed by atoms with Gasteiger partial charge in [-0.05, 0) is 20.8 Å². The van der Waals surface area contributed by atoms with E-state index >= 15 is 0 Å². The maximum absolute atomic E-state index is 5.50. The van der Waals surface area contributed by atoms with Gasteiger partial charge in [0.25, 0.3) is 0 Å². The average molecular weight is 157 g/mol. The lowest BCUT2D eigenvalue weighted by Gasteiger charge is -2.18. The van der Waals surface area contributed by atoms with E-state index in [9.17, 15) is 0 Å². The molecule has 0 saturated heterocycles. The third kappa shape index (κ3) is 3.37. The molecule has 3 heteroatoms. The molecule has 0 aromatic carbocycles. The first-order valence-corrected chi connectivity index (χ1v) is 3.89. The molecule has 3 nitrogen and oxygen atoms in total. The predicted molar refractivity (Wildman–Crippen MR) is 43.7 cm³/mol. The highest BCUT2D eigenvalue weighted by Crippen LogP contribution is 2.08. The van der Waals surface area contributed by atoms with Crippen LogP contribution in [0.15, 0.2) is 5.16 Å². The summed E-state index contributed by atoms with van der Waals surface area (Å²) in [5.41, 5.74) is 0.936. The van der Waals surface area contributed by atoms with Gasteiger partial charge >= 0.3 is 0 Å². The van der Waals surface area contributed by atoms with Crippen molar-refractivity contribution >= 4 is 5.71 Å². The molecule has 64 valence electrons. The van der Waals surface area contributed by atoms with Gasteiger partial charge in [-0.25, -0.2) is 0 Å². The minimum absolute atomic E-state index is 0.0783. The van der Waals surface area contributed by atoms with Crippen LogP contribution in [0.4, 0.5) is 0 Å². The maximum atomic E-state index is 5.50. The van der Waals surface area contributed by atoms with Crippen molar-refractivity contribution < 1.29 is 9.57 Å².